The quantitative estimate of drug-likeness (QED) is 0.517. The van der Waals surface area contributed by atoms with Crippen LogP contribution in [0.25, 0.3) is 10.9 Å². The van der Waals surface area contributed by atoms with Gasteiger partial charge in [-0.1, -0.05) is 18.2 Å². The van der Waals surface area contributed by atoms with Crippen molar-refractivity contribution >= 4 is 23.1 Å². The van der Waals surface area contributed by atoms with Crippen LogP contribution in [0.1, 0.15) is 36.0 Å². The van der Waals surface area contributed by atoms with Gasteiger partial charge in [-0.3, -0.25) is 4.79 Å². The number of amides is 1. The van der Waals surface area contributed by atoms with Gasteiger partial charge in [0, 0.05) is 35.2 Å². The Labute approximate surface area is 140 Å². The van der Waals surface area contributed by atoms with Crippen LogP contribution in [0, 0.1) is 11.5 Å². The summed E-state index contributed by atoms with van der Waals surface area (Å²) in [5, 5.41) is 12.8. The number of hydrogen-bond donors (Lipinski definition) is 2. The lowest BCUT2D eigenvalue weighted by Crippen LogP contribution is -2.49. The standard InChI is InChI=1S/C18H19N5O/c19-10-20-11-23-13-5-6-14(23)8-12(7-13)22-18(24)16-9-21-17-4-2-1-3-15(16)17/h1-4,9,11-14,21H,5-8H2,(H,22,24). The molecule has 6 heteroatoms. The van der Waals surface area contributed by atoms with Gasteiger partial charge >= 0.3 is 0 Å². The molecule has 122 valence electrons. The number of fused-ring (bicyclic) bond motifs is 3. The first-order valence-electron chi connectivity index (χ1n) is 8.33. The molecule has 2 saturated heterocycles. The average Bonchev–Trinajstić information content (AvgIpc) is 3.12. The number of rotatable bonds is 3. The minimum atomic E-state index is -0.0176. The van der Waals surface area contributed by atoms with Gasteiger partial charge in [-0.25, -0.2) is 0 Å². The maximum absolute atomic E-state index is 12.7. The number of para-hydroxylation sites is 1. The molecule has 0 spiro atoms. The molecule has 0 aliphatic carbocycles. The van der Waals surface area contributed by atoms with E-state index in [0.29, 0.717) is 17.6 Å². The zero-order chi connectivity index (χ0) is 16.5. The van der Waals surface area contributed by atoms with Crippen LogP contribution in [-0.4, -0.2) is 40.3 Å². The Hall–Kier alpha value is -2.81. The van der Waals surface area contributed by atoms with Gasteiger partial charge in [0.1, 0.15) is 6.34 Å². The van der Waals surface area contributed by atoms with Gasteiger partial charge in [0.15, 0.2) is 0 Å². The summed E-state index contributed by atoms with van der Waals surface area (Å²) >= 11 is 0. The number of H-pyrrole nitrogens is 1. The van der Waals surface area contributed by atoms with Gasteiger partial charge in [-0.15, -0.1) is 0 Å². The van der Waals surface area contributed by atoms with Gasteiger partial charge in [0.2, 0.25) is 6.19 Å². The summed E-state index contributed by atoms with van der Waals surface area (Å²) in [6.07, 6.45) is 9.27. The molecule has 1 aromatic carbocycles. The van der Waals surface area contributed by atoms with E-state index in [0.717, 1.165) is 36.6 Å². The number of aromatic amines is 1. The first kappa shape index (κ1) is 14.8. The minimum Gasteiger partial charge on any atom is -0.360 e. The SMILES string of the molecule is N#CN=CN1C2CCC1CC(NC(=O)c1c[nH]c3ccccc13)C2. The predicted molar refractivity (Wildman–Crippen MR) is 91.5 cm³/mol. The first-order valence-corrected chi connectivity index (χ1v) is 8.33. The molecule has 0 saturated carbocycles. The van der Waals surface area contributed by atoms with Crippen molar-refractivity contribution in [3.05, 3.63) is 36.0 Å². The summed E-state index contributed by atoms with van der Waals surface area (Å²) in [7, 11) is 0. The number of nitrogens with one attached hydrogen (secondary N) is 2. The highest BCUT2D eigenvalue weighted by Gasteiger charge is 2.40. The Balaban J connectivity index is 1.46. The lowest BCUT2D eigenvalue weighted by Gasteiger charge is -2.37. The molecule has 2 bridgehead atoms. The maximum Gasteiger partial charge on any atom is 0.253 e. The van der Waals surface area contributed by atoms with Crippen LogP contribution < -0.4 is 5.32 Å². The van der Waals surface area contributed by atoms with Crippen LogP contribution in [0.15, 0.2) is 35.5 Å². The molecule has 24 heavy (non-hydrogen) atoms. The Morgan fingerprint density at radius 3 is 2.83 bits per heavy atom. The third kappa shape index (κ3) is 2.52. The van der Waals surface area contributed by atoms with Crippen molar-refractivity contribution in [3.8, 4) is 6.19 Å². The van der Waals surface area contributed by atoms with E-state index >= 15 is 0 Å². The van der Waals surface area contributed by atoms with Crippen molar-refractivity contribution in [2.24, 2.45) is 4.99 Å². The molecule has 2 aliphatic rings. The van der Waals surface area contributed by atoms with Gasteiger partial charge in [-0.2, -0.15) is 10.3 Å². The average molecular weight is 321 g/mol. The second-order valence-corrected chi connectivity index (χ2v) is 6.57. The molecule has 2 N–H and O–H groups in total. The smallest absolute Gasteiger partial charge is 0.253 e. The highest BCUT2D eigenvalue weighted by molar-refractivity contribution is 6.06. The number of piperidine rings is 1. The normalized spacial score (nSPS) is 26.0. The molecule has 2 unspecified atom stereocenters. The van der Waals surface area contributed by atoms with E-state index in [4.69, 9.17) is 5.26 Å². The molecule has 2 aliphatic heterocycles. The lowest BCUT2D eigenvalue weighted by molar-refractivity contribution is 0.0908. The molecule has 1 aromatic heterocycles. The number of aromatic nitrogens is 1. The van der Waals surface area contributed by atoms with Crippen LogP contribution in [-0.2, 0) is 0 Å². The lowest BCUT2D eigenvalue weighted by atomic mass is 9.97. The predicted octanol–water partition coefficient (Wildman–Crippen LogP) is 2.40. The summed E-state index contributed by atoms with van der Waals surface area (Å²) in [5.41, 5.74) is 1.68. The molecule has 3 heterocycles. The number of hydrogen-bond acceptors (Lipinski definition) is 3. The molecule has 2 fully saturated rings. The summed E-state index contributed by atoms with van der Waals surface area (Å²) in [4.78, 5) is 21.7. The molecule has 2 aromatic rings. The van der Waals surface area contributed by atoms with E-state index in [9.17, 15) is 4.79 Å². The first-order chi connectivity index (χ1) is 11.8. The largest absolute Gasteiger partial charge is 0.360 e. The van der Waals surface area contributed by atoms with E-state index in [-0.39, 0.29) is 11.9 Å². The van der Waals surface area contributed by atoms with Crippen LogP contribution in [0.4, 0.5) is 0 Å². The molecule has 2 atom stereocenters. The Bertz CT molecular complexity index is 819. The monoisotopic (exact) mass is 321 g/mol. The molecule has 0 radical (unpaired) electrons. The van der Waals surface area contributed by atoms with Crippen LogP contribution >= 0.6 is 0 Å². The summed E-state index contributed by atoms with van der Waals surface area (Å²) < 4.78 is 0. The van der Waals surface area contributed by atoms with Gasteiger partial charge in [-0.05, 0) is 31.7 Å². The van der Waals surface area contributed by atoms with Crippen LogP contribution in [0.5, 0.6) is 0 Å². The number of aliphatic imine (C=N–C) groups is 1. The number of benzene rings is 1. The van der Waals surface area contributed by atoms with E-state index in [1.54, 1.807) is 12.5 Å². The highest BCUT2D eigenvalue weighted by Crippen LogP contribution is 2.34. The third-order valence-electron chi connectivity index (χ3n) is 5.21. The molecule has 4 rings (SSSR count). The zero-order valence-electron chi connectivity index (χ0n) is 13.3. The van der Waals surface area contributed by atoms with Gasteiger partial charge < -0.3 is 15.2 Å². The number of nitriles is 1. The van der Waals surface area contributed by atoms with Crippen LogP contribution in [0.3, 0.4) is 0 Å². The number of nitrogens with zero attached hydrogens (tertiary/aromatic N) is 3. The minimum absolute atomic E-state index is 0.0176. The fourth-order valence-corrected chi connectivity index (χ4v) is 4.13. The van der Waals surface area contributed by atoms with Crippen molar-refractivity contribution in [1.82, 2.24) is 15.2 Å². The fraction of sp³-hybridized carbons (Fsp3) is 0.389. The van der Waals surface area contributed by atoms with Crippen molar-refractivity contribution in [1.29, 1.82) is 5.26 Å². The van der Waals surface area contributed by atoms with Gasteiger partial charge in [0.25, 0.3) is 5.91 Å². The molecule has 1 amide bonds. The second-order valence-electron chi connectivity index (χ2n) is 6.57. The maximum atomic E-state index is 12.7. The van der Waals surface area contributed by atoms with Crippen molar-refractivity contribution in [2.75, 3.05) is 0 Å². The summed E-state index contributed by atoms with van der Waals surface area (Å²) in [6, 6.07) is 8.75. The van der Waals surface area contributed by atoms with E-state index in [1.165, 1.54) is 0 Å². The Morgan fingerprint density at radius 2 is 2.08 bits per heavy atom. The van der Waals surface area contributed by atoms with Crippen molar-refractivity contribution in [2.45, 2.75) is 43.8 Å². The highest BCUT2D eigenvalue weighted by atomic mass is 16.1. The fourth-order valence-electron chi connectivity index (χ4n) is 4.13. The van der Waals surface area contributed by atoms with Gasteiger partial charge in [0.05, 0.1) is 5.56 Å². The Morgan fingerprint density at radius 1 is 1.33 bits per heavy atom. The summed E-state index contributed by atoms with van der Waals surface area (Å²) in [6.45, 7) is 0. The van der Waals surface area contributed by atoms with E-state index in [1.807, 2.05) is 30.5 Å². The Kier molecular flexibility index (Phi) is 3.69. The second kappa shape index (κ2) is 6.00. The van der Waals surface area contributed by atoms with E-state index < -0.39 is 0 Å². The molecular weight excluding hydrogens is 302 g/mol. The van der Waals surface area contributed by atoms with Crippen molar-refractivity contribution < 1.29 is 4.79 Å². The topological polar surface area (TPSA) is 84.3 Å². The molecule has 6 nitrogen and oxygen atoms in total. The zero-order valence-corrected chi connectivity index (χ0v) is 13.3. The molecular formula is C18H19N5O. The third-order valence-corrected chi connectivity index (χ3v) is 5.21. The number of carbonyl (C=O) groups excluding carboxylic acids is 1. The number of carbonyl (C=O) groups is 1. The van der Waals surface area contributed by atoms with Crippen molar-refractivity contribution in [3.63, 3.8) is 0 Å². The van der Waals surface area contributed by atoms with Crippen LogP contribution in [0.2, 0.25) is 0 Å². The summed E-state index contributed by atoms with van der Waals surface area (Å²) in [5.74, 6) is -0.0176. The van der Waals surface area contributed by atoms with E-state index in [2.05, 4.69) is 20.2 Å².